The fourth-order valence-corrected chi connectivity index (χ4v) is 2.08. The molecule has 6 heteroatoms. The molecule has 1 fully saturated rings. The van der Waals surface area contributed by atoms with E-state index in [4.69, 9.17) is 14.9 Å². The van der Waals surface area contributed by atoms with Crippen molar-refractivity contribution in [1.82, 2.24) is 9.97 Å². The van der Waals surface area contributed by atoms with Crippen LogP contribution in [0.3, 0.4) is 0 Å². The molecule has 3 rings (SSSR count). The second-order valence-corrected chi connectivity index (χ2v) is 4.50. The molecule has 100 valence electrons. The van der Waals surface area contributed by atoms with Crippen molar-refractivity contribution in [2.75, 3.05) is 24.3 Å². The van der Waals surface area contributed by atoms with Gasteiger partial charge in [-0.05, 0) is 25.0 Å². The molecule has 19 heavy (non-hydrogen) atoms. The van der Waals surface area contributed by atoms with Gasteiger partial charge in [-0.3, -0.25) is 0 Å². The largest absolute Gasteiger partial charge is 0.463 e. The molecule has 0 aromatic carbocycles. The van der Waals surface area contributed by atoms with E-state index in [0.717, 1.165) is 26.1 Å². The minimum absolute atomic E-state index is 0.331. The van der Waals surface area contributed by atoms with Crippen molar-refractivity contribution in [3.05, 3.63) is 24.6 Å². The van der Waals surface area contributed by atoms with Crippen molar-refractivity contribution in [2.24, 2.45) is 0 Å². The molecule has 0 unspecified atom stereocenters. The third-order valence-corrected chi connectivity index (χ3v) is 3.14. The Morgan fingerprint density at radius 2 is 2.16 bits per heavy atom. The zero-order chi connectivity index (χ0) is 13.1. The Bertz CT molecular complexity index is 536. The normalized spacial score (nSPS) is 16.4. The van der Waals surface area contributed by atoms with Gasteiger partial charge in [-0.1, -0.05) is 0 Å². The fourth-order valence-electron chi connectivity index (χ4n) is 2.08. The zero-order valence-electron chi connectivity index (χ0n) is 10.5. The maximum absolute atomic E-state index is 5.86. The molecule has 1 aliphatic rings. The molecule has 2 aromatic heterocycles. The Kier molecular flexibility index (Phi) is 3.33. The lowest BCUT2D eigenvalue weighted by Gasteiger charge is -2.24. The first-order chi connectivity index (χ1) is 9.33. The van der Waals surface area contributed by atoms with Crippen molar-refractivity contribution < 1.29 is 9.15 Å². The molecule has 0 bridgehead atoms. The maximum Gasteiger partial charge on any atom is 0.169 e. The number of furan rings is 1. The number of nitrogen functional groups attached to an aromatic ring is 1. The number of hydrogen-bond donors (Lipinski definition) is 2. The second-order valence-electron chi connectivity index (χ2n) is 4.50. The van der Waals surface area contributed by atoms with Gasteiger partial charge in [0, 0.05) is 19.3 Å². The van der Waals surface area contributed by atoms with Crippen LogP contribution in [0.5, 0.6) is 0 Å². The van der Waals surface area contributed by atoms with Crippen LogP contribution in [0.4, 0.5) is 11.6 Å². The van der Waals surface area contributed by atoms with Crippen molar-refractivity contribution in [3.63, 3.8) is 0 Å². The molecule has 3 N–H and O–H groups in total. The topological polar surface area (TPSA) is 86.2 Å². The number of anilines is 2. The summed E-state index contributed by atoms with van der Waals surface area (Å²) in [7, 11) is 0. The van der Waals surface area contributed by atoms with Crippen molar-refractivity contribution in [1.29, 1.82) is 0 Å². The molecular weight excluding hydrogens is 244 g/mol. The van der Waals surface area contributed by atoms with Crippen LogP contribution in [0.25, 0.3) is 11.5 Å². The lowest BCUT2D eigenvalue weighted by molar-refractivity contribution is 0.0904. The molecule has 0 spiro atoms. The summed E-state index contributed by atoms with van der Waals surface area (Å²) >= 11 is 0. The maximum atomic E-state index is 5.86. The second kappa shape index (κ2) is 5.27. The average molecular weight is 260 g/mol. The van der Waals surface area contributed by atoms with Gasteiger partial charge in [0.15, 0.2) is 17.4 Å². The average Bonchev–Trinajstić information content (AvgIpc) is 2.96. The monoisotopic (exact) mass is 260 g/mol. The van der Waals surface area contributed by atoms with Gasteiger partial charge >= 0.3 is 0 Å². The number of rotatable bonds is 3. The molecule has 0 amide bonds. The first-order valence-electron chi connectivity index (χ1n) is 6.33. The van der Waals surface area contributed by atoms with Crippen LogP contribution in [0.1, 0.15) is 12.8 Å². The van der Waals surface area contributed by atoms with Crippen molar-refractivity contribution >= 4 is 11.6 Å². The number of aromatic nitrogens is 2. The smallest absolute Gasteiger partial charge is 0.169 e. The summed E-state index contributed by atoms with van der Waals surface area (Å²) < 4.78 is 10.6. The Balaban J connectivity index is 1.81. The standard InChI is InChI=1S/C13H16N4O2/c14-12-13(16-9-3-6-18-7-4-9)17-10(8-15-12)11-2-1-5-19-11/h1-2,5,8-9H,3-4,6-7H2,(H2,14,15)(H,16,17). The van der Waals surface area contributed by atoms with E-state index in [1.165, 1.54) is 0 Å². The van der Waals surface area contributed by atoms with Crippen LogP contribution in [0, 0.1) is 0 Å². The SMILES string of the molecule is Nc1ncc(-c2ccco2)nc1NC1CCOCC1. The van der Waals surface area contributed by atoms with E-state index in [1.54, 1.807) is 12.5 Å². The third-order valence-electron chi connectivity index (χ3n) is 3.14. The third kappa shape index (κ3) is 2.68. The molecule has 1 saturated heterocycles. The Labute approximate surface area is 111 Å². The number of hydrogen-bond acceptors (Lipinski definition) is 6. The molecule has 0 aliphatic carbocycles. The van der Waals surface area contributed by atoms with E-state index in [0.29, 0.717) is 29.1 Å². The van der Waals surface area contributed by atoms with E-state index in [1.807, 2.05) is 12.1 Å². The minimum atomic E-state index is 0.331. The lowest BCUT2D eigenvalue weighted by atomic mass is 10.1. The summed E-state index contributed by atoms with van der Waals surface area (Å²) in [5.74, 6) is 1.70. The first-order valence-corrected chi connectivity index (χ1v) is 6.33. The molecule has 0 radical (unpaired) electrons. The van der Waals surface area contributed by atoms with Crippen LogP contribution in [-0.2, 0) is 4.74 Å². The van der Waals surface area contributed by atoms with Gasteiger partial charge < -0.3 is 20.2 Å². The minimum Gasteiger partial charge on any atom is -0.463 e. The van der Waals surface area contributed by atoms with Gasteiger partial charge in [0.1, 0.15) is 5.69 Å². The van der Waals surface area contributed by atoms with Gasteiger partial charge in [-0.15, -0.1) is 0 Å². The van der Waals surface area contributed by atoms with Crippen LogP contribution >= 0.6 is 0 Å². The summed E-state index contributed by atoms with van der Waals surface area (Å²) in [5, 5.41) is 3.33. The van der Waals surface area contributed by atoms with Gasteiger partial charge in [0.2, 0.25) is 0 Å². The predicted molar refractivity (Wildman–Crippen MR) is 71.6 cm³/mol. The molecule has 0 atom stereocenters. The highest BCUT2D eigenvalue weighted by Gasteiger charge is 2.16. The number of nitrogens with one attached hydrogen (secondary N) is 1. The molecular formula is C13H16N4O2. The summed E-state index contributed by atoms with van der Waals surface area (Å²) in [4.78, 5) is 8.64. The quantitative estimate of drug-likeness (QED) is 0.876. The number of ether oxygens (including phenoxy) is 1. The van der Waals surface area contributed by atoms with Gasteiger partial charge in [-0.25, -0.2) is 9.97 Å². The van der Waals surface area contributed by atoms with Gasteiger partial charge in [0.25, 0.3) is 0 Å². The molecule has 3 heterocycles. The van der Waals surface area contributed by atoms with Crippen LogP contribution in [0.15, 0.2) is 29.0 Å². The van der Waals surface area contributed by atoms with Crippen LogP contribution < -0.4 is 11.1 Å². The predicted octanol–water partition coefficient (Wildman–Crippen LogP) is 1.91. The van der Waals surface area contributed by atoms with Gasteiger partial charge in [-0.2, -0.15) is 0 Å². The fraction of sp³-hybridized carbons (Fsp3) is 0.385. The first kappa shape index (κ1) is 12.0. The molecule has 6 nitrogen and oxygen atoms in total. The Morgan fingerprint density at radius 1 is 1.32 bits per heavy atom. The lowest BCUT2D eigenvalue weighted by Crippen LogP contribution is -2.28. The highest BCUT2D eigenvalue weighted by atomic mass is 16.5. The number of nitrogens with zero attached hydrogens (tertiary/aromatic N) is 2. The van der Waals surface area contributed by atoms with E-state index >= 15 is 0 Å². The van der Waals surface area contributed by atoms with E-state index < -0.39 is 0 Å². The van der Waals surface area contributed by atoms with Crippen molar-refractivity contribution in [3.8, 4) is 11.5 Å². The Morgan fingerprint density at radius 3 is 2.89 bits per heavy atom. The summed E-state index contributed by atoms with van der Waals surface area (Å²) in [6.45, 7) is 1.53. The van der Waals surface area contributed by atoms with Crippen LogP contribution in [-0.4, -0.2) is 29.2 Å². The van der Waals surface area contributed by atoms with E-state index in [-0.39, 0.29) is 0 Å². The highest BCUT2D eigenvalue weighted by Crippen LogP contribution is 2.23. The molecule has 0 saturated carbocycles. The van der Waals surface area contributed by atoms with Crippen molar-refractivity contribution in [2.45, 2.75) is 18.9 Å². The summed E-state index contributed by atoms with van der Waals surface area (Å²) in [6.07, 6.45) is 5.13. The Hall–Kier alpha value is -2.08. The van der Waals surface area contributed by atoms with E-state index in [9.17, 15) is 0 Å². The summed E-state index contributed by atoms with van der Waals surface area (Å²) in [5.41, 5.74) is 6.54. The van der Waals surface area contributed by atoms with Crippen LogP contribution in [0.2, 0.25) is 0 Å². The molecule has 1 aliphatic heterocycles. The highest BCUT2D eigenvalue weighted by molar-refractivity contribution is 5.62. The summed E-state index contributed by atoms with van der Waals surface area (Å²) in [6, 6.07) is 3.99. The molecule has 2 aromatic rings. The zero-order valence-corrected chi connectivity index (χ0v) is 10.5. The number of nitrogens with two attached hydrogens (primary N) is 1. The van der Waals surface area contributed by atoms with Gasteiger partial charge in [0.05, 0.1) is 12.5 Å². The van der Waals surface area contributed by atoms with E-state index in [2.05, 4.69) is 15.3 Å².